The molecular weight excluding hydrogens is 455 g/mol. The van der Waals surface area contributed by atoms with Gasteiger partial charge in [0.1, 0.15) is 5.69 Å². The Morgan fingerprint density at radius 2 is 1.91 bits per heavy atom. The van der Waals surface area contributed by atoms with Gasteiger partial charge in [-0.05, 0) is 42.8 Å². The van der Waals surface area contributed by atoms with E-state index in [0.717, 1.165) is 0 Å². The zero-order valence-electron chi connectivity index (χ0n) is 17.5. The first-order chi connectivity index (χ1) is 15.2. The van der Waals surface area contributed by atoms with Crippen LogP contribution in [0.25, 0.3) is 22.6 Å². The molecule has 0 atom stereocenters. The largest absolute Gasteiger partial charge is 0.465 e. The van der Waals surface area contributed by atoms with Crippen molar-refractivity contribution >= 4 is 69.3 Å². The Kier molecular flexibility index (Phi) is 7.22. The maximum atomic E-state index is 12.7. The summed E-state index contributed by atoms with van der Waals surface area (Å²) in [6.45, 7) is 3.23. The number of methoxy groups -OCH3 is 1. The first-order valence-electron chi connectivity index (χ1n) is 9.61. The van der Waals surface area contributed by atoms with E-state index in [1.807, 2.05) is 0 Å². The molecule has 2 N–H and O–H groups in total. The molecule has 0 aliphatic carbocycles. The molecule has 0 aliphatic rings. The number of fused-ring (bicyclic) bond motifs is 1. The van der Waals surface area contributed by atoms with Gasteiger partial charge in [0.25, 0.3) is 0 Å². The topological polar surface area (TPSA) is 97.5 Å². The normalized spacial score (nSPS) is 11.3. The fraction of sp³-hybridized carbons (Fsp3) is 0.174. The molecule has 0 radical (unpaired) electrons. The fourth-order valence-corrected chi connectivity index (χ4v) is 3.86. The van der Waals surface area contributed by atoms with E-state index >= 15 is 0 Å². The first-order valence-corrected chi connectivity index (χ1v) is 10.4. The van der Waals surface area contributed by atoms with Gasteiger partial charge in [0.05, 0.1) is 24.3 Å². The molecule has 3 aromatic rings. The summed E-state index contributed by atoms with van der Waals surface area (Å²) in [5.74, 6) is -1.51. The first kappa shape index (κ1) is 23.4. The molecule has 1 heterocycles. The van der Waals surface area contributed by atoms with E-state index in [-0.39, 0.29) is 23.8 Å². The minimum absolute atomic E-state index is 0.116. The highest BCUT2D eigenvalue weighted by atomic mass is 35.5. The number of amides is 1. The van der Waals surface area contributed by atoms with Crippen molar-refractivity contribution in [3.63, 3.8) is 0 Å². The monoisotopic (exact) mass is 474 g/mol. The predicted octanol–water partition coefficient (Wildman–Crippen LogP) is 5.32. The number of aromatic nitrogens is 1. The Balaban J connectivity index is 2.29. The molecule has 32 heavy (non-hydrogen) atoms. The van der Waals surface area contributed by atoms with Crippen molar-refractivity contribution in [3.8, 4) is 0 Å². The van der Waals surface area contributed by atoms with Crippen molar-refractivity contribution in [2.45, 2.75) is 13.8 Å². The summed E-state index contributed by atoms with van der Waals surface area (Å²) in [6.07, 6.45) is 1.50. The number of esters is 2. The maximum Gasteiger partial charge on any atom is 0.355 e. The van der Waals surface area contributed by atoms with Gasteiger partial charge in [-0.2, -0.15) is 0 Å². The second-order valence-electron chi connectivity index (χ2n) is 6.76. The molecule has 7 nitrogen and oxygen atoms in total. The van der Waals surface area contributed by atoms with Crippen LogP contribution in [0.2, 0.25) is 10.0 Å². The second-order valence-corrected chi connectivity index (χ2v) is 7.60. The lowest BCUT2D eigenvalue weighted by atomic mass is 10.0. The molecule has 0 fully saturated rings. The van der Waals surface area contributed by atoms with Gasteiger partial charge in [-0.25, -0.2) is 9.59 Å². The van der Waals surface area contributed by atoms with E-state index in [2.05, 4.69) is 10.3 Å². The molecule has 9 heteroatoms. The quantitative estimate of drug-likeness (QED) is 0.371. The Labute approximate surface area is 194 Å². The molecule has 166 valence electrons. The van der Waals surface area contributed by atoms with Crippen LogP contribution in [0, 0.1) is 0 Å². The zero-order chi connectivity index (χ0) is 23.4. The molecule has 1 amide bonds. The van der Waals surface area contributed by atoms with Crippen LogP contribution >= 0.6 is 23.2 Å². The van der Waals surface area contributed by atoms with Crippen LogP contribution in [-0.4, -0.2) is 36.5 Å². The lowest BCUT2D eigenvalue weighted by Gasteiger charge is -2.10. The number of benzene rings is 2. The molecular formula is C23H20Cl2N2O5. The number of anilines is 1. The molecule has 0 spiro atoms. The number of aromatic amines is 1. The van der Waals surface area contributed by atoms with E-state index in [9.17, 15) is 14.4 Å². The standard InChI is InChI=1S/C23H20Cl2N2O5/c1-4-32-23(30)21-17(20-18(25)9-14(24)10-19(20)27-21)11-16(22(29)31-3)13-6-5-7-15(8-13)26-12(2)28/h5-11,27H,4H2,1-3H3,(H,26,28)/b16-11-. The minimum Gasteiger partial charge on any atom is -0.465 e. The van der Waals surface area contributed by atoms with Crippen LogP contribution < -0.4 is 5.32 Å². The van der Waals surface area contributed by atoms with Gasteiger partial charge in [-0.1, -0.05) is 35.3 Å². The van der Waals surface area contributed by atoms with E-state index in [4.69, 9.17) is 32.7 Å². The number of rotatable bonds is 6. The molecule has 0 saturated carbocycles. The van der Waals surface area contributed by atoms with E-state index in [1.54, 1.807) is 43.3 Å². The molecule has 0 bridgehead atoms. The average molecular weight is 475 g/mol. The van der Waals surface area contributed by atoms with Gasteiger partial charge in [-0.3, -0.25) is 4.79 Å². The summed E-state index contributed by atoms with van der Waals surface area (Å²) in [5.41, 5.74) is 2.09. The lowest BCUT2D eigenvalue weighted by Crippen LogP contribution is -2.09. The summed E-state index contributed by atoms with van der Waals surface area (Å²) in [7, 11) is 1.25. The SMILES string of the molecule is CCOC(=O)c1[nH]c2cc(Cl)cc(Cl)c2c1/C=C(\C(=O)OC)c1cccc(NC(C)=O)c1. The van der Waals surface area contributed by atoms with Crippen molar-refractivity contribution in [1.29, 1.82) is 0 Å². The molecule has 0 saturated heterocycles. The van der Waals surface area contributed by atoms with E-state index in [1.165, 1.54) is 20.1 Å². The van der Waals surface area contributed by atoms with Gasteiger partial charge in [0, 0.05) is 34.1 Å². The summed E-state index contributed by atoms with van der Waals surface area (Å²) in [6, 6.07) is 9.85. The van der Waals surface area contributed by atoms with Gasteiger partial charge in [-0.15, -0.1) is 0 Å². The Morgan fingerprint density at radius 1 is 1.16 bits per heavy atom. The Morgan fingerprint density at radius 3 is 2.56 bits per heavy atom. The Bertz CT molecular complexity index is 1250. The lowest BCUT2D eigenvalue weighted by molar-refractivity contribution is -0.133. The number of hydrogen-bond donors (Lipinski definition) is 2. The third-order valence-electron chi connectivity index (χ3n) is 4.52. The summed E-state index contributed by atoms with van der Waals surface area (Å²) >= 11 is 12.6. The summed E-state index contributed by atoms with van der Waals surface area (Å²) < 4.78 is 10.1. The summed E-state index contributed by atoms with van der Waals surface area (Å²) in [5, 5.41) is 3.85. The van der Waals surface area contributed by atoms with Crippen molar-refractivity contribution in [1.82, 2.24) is 4.98 Å². The summed E-state index contributed by atoms with van der Waals surface area (Å²) in [4.78, 5) is 39.8. The number of nitrogens with one attached hydrogen (secondary N) is 2. The van der Waals surface area contributed by atoms with Crippen molar-refractivity contribution in [2.24, 2.45) is 0 Å². The minimum atomic E-state index is -0.640. The highest BCUT2D eigenvalue weighted by Crippen LogP contribution is 2.35. The van der Waals surface area contributed by atoms with E-state index in [0.29, 0.717) is 37.8 Å². The Hall–Kier alpha value is -3.29. The zero-order valence-corrected chi connectivity index (χ0v) is 19.1. The van der Waals surface area contributed by atoms with Gasteiger partial charge < -0.3 is 19.8 Å². The van der Waals surface area contributed by atoms with Crippen LogP contribution in [0.4, 0.5) is 5.69 Å². The average Bonchev–Trinajstić information content (AvgIpc) is 3.09. The van der Waals surface area contributed by atoms with Crippen molar-refractivity contribution < 1.29 is 23.9 Å². The third-order valence-corrected chi connectivity index (χ3v) is 5.04. The number of H-pyrrole nitrogens is 1. The van der Waals surface area contributed by atoms with Crippen LogP contribution in [0.3, 0.4) is 0 Å². The number of halogens is 2. The highest BCUT2D eigenvalue weighted by molar-refractivity contribution is 6.39. The van der Waals surface area contributed by atoms with Crippen molar-refractivity contribution in [2.75, 3.05) is 19.0 Å². The molecule has 0 aliphatic heterocycles. The fourth-order valence-electron chi connectivity index (χ4n) is 3.26. The number of carbonyl (C=O) groups is 3. The molecule has 2 aromatic carbocycles. The van der Waals surface area contributed by atoms with Gasteiger partial charge in [0.15, 0.2) is 0 Å². The number of hydrogen-bond acceptors (Lipinski definition) is 5. The molecule has 1 aromatic heterocycles. The molecule has 3 rings (SSSR count). The van der Waals surface area contributed by atoms with Gasteiger partial charge >= 0.3 is 11.9 Å². The molecule has 0 unspecified atom stereocenters. The van der Waals surface area contributed by atoms with Crippen LogP contribution in [0.1, 0.15) is 35.5 Å². The second kappa shape index (κ2) is 9.89. The number of ether oxygens (including phenoxy) is 2. The third kappa shape index (κ3) is 4.95. The van der Waals surface area contributed by atoms with E-state index < -0.39 is 11.9 Å². The van der Waals surface area contributed by atoms with Crippen LogP contribution in [-0.2, 0) is 19.1 Å². The van der Waals surface area contributed by atoms with Gasteiger partial charge in [0.2, 0.25) is 5.91 Å². The van der Waals surface area contributed by atoms with Crippen LogP contribution in [0.15, 0.2) is 36.4 Å². The predicted molar refractivity (Wildman–Crippen MR) is 125 cm³/mol. The van der Waals surface area contributed by atoms with Crippen molar-refractivity contribution in [3.05, 3.63) is 63.3 Å². The highest BCUT2D eigenvalue weighted by Gasteiger charge is 2.23. The maximum absolute atomic E-state index is 12.7. The van der Waals surface area contributed by atoms with Crippen LogP contribution in [0.5, 0.6) is 0 Å². The number of carbonyl (C=O) groups excluding carboxylic acids is 3. The smallest absolute Gasteiger partial charge is 0.355 e.